The molecule has 1 rings (SSSR count). The number of hydrogen-bond donors (Lipinski definition) is 1. The molecule has 0 saturated heterocycles. The predicted molar refractivity (Wildman–Crippen MR) is 62.8 cm³/mol. The van der Waals surface area contributed by atoms with Gasteiger partial charge in [-0.05, 0) is 19.9 Å². The fraction of sp³-hybridized carbons (Fsp3) is 0.545. The third-order valence-electron chi connectivity index (χ3n) is 2.03. The van der Waals surface area contributed by atoms with Crippen molar-refractivity contribution in [3.05, 3.63) is 28.7 Å². The maximum Gasteiger partial charge on any atom is 0.0943 e. The molecule has 1 atom stereocenters. The van der Waals surface area contributed by atoms with Crippen LogP contribution in [0.4, 0.5) is 0 Å². The van der Waals surface area contributed by atoms with Crippen LogP contribution < -0.4 is 5.32 Å². The number of nitrogens with one attached hydrogen (secondary N) is 1. The van der Waals surface area contributed by atoms with Crippen LogP contribution in [-0.2, 0) is 6.42 Å². The maximum absolute atomic E-state index is 4.46. The maximum atomic E-state index is 4.46. The second-order valence-electron chi connectivity index (χ2n) is 3.37. The summed E-state index contributed by atoms with van der Waals surface area (Å²) in [6.45, 7) is 8.94. The predicted octanol–water partition coefficient (Wildman–Crippen LogP) is 2.55. The minimum Gasteiger partial charge on any atom is -0.314 e. The molecule has 2 nitrogen and oxygen atoms in total. The molecule has 0 aliphatic rings. The van der Waals surface area contributed by atoms with Gasteiger partial charge in [-0.2, -0.15) is 0 Å². The van der Waals surface area contributed by atoms with Crippen molar-refractivity contribution in [2.75, 3.05) is 6.54 Å². The van der Waals surface area contributed by atoms with Crippen LogP contribution in [0.5, 0.6) is 0 Å². The number of thiazole rings is 1. The monoisotopic (exact) mass is 210 g/mol. The van der Waals surface area contributed by atoms with E-state index in [1.807, 2.05) is 13.0 Å². The molecule has 78 valence electrons. The molecular weight excluding hydrogens is 192 g/mol. The lowest BCUT2D eigenvalue weighted by atomic mass is 10.1. The Balaban J connectivity index is 2.49. The topological polar surface area (TPSA) is 24.9 Å². The fourth-order valence-corrected chi connectivity index (χ4v) is 2.29. The van der Waals surface area contributed by atoms with Crippen LogP contribution in [0, 0.1) is 6.92 Å². The first kappa shape index (κ1) is 11.4. The number of likely N-dealkylation sites (N-methyl/N-ethyl adjacent to an activating group) is 1. The number of aryl methyl sites for hydroxylation is 1. The van der Waals surface area contributed by atoms with Gasteiger partial charge in [-0.3, -0.25) is 0 Å². The Hall–Kier alpha value is -0.670. The van der Waals surface area contributed by atoms with Crippen molar-refractivity contribution >= 4 is 11.3 Å². The van der Waals surface area contributed by atoms with Gasteiger partial charge in [0.15, 0.2) is 0 Å². The van der Waals surface area contributed by atoms with E-state index < -0.39 is 0 Å². The van der Waals surface area contributed by atoms with Crippen molar-refractivity contribution in [3.8, 4) is 0 Å². The van der Waals surface area contributed by atoms with Gasteiger partial charge < -0.3 is 5.32 Å². The van der Waals surface area contributed by atoms with Crippen LogP contribution >= 0.6 is 11.3 Å². The Labute approximate surface area is 90.1 Å². The van der Waals surface area contributed by atoms with Crippen LogP contribution in [0.3, 0.4) is 0 Å². The first-order valence-corrected chi connectivity index (χ1v) is 5.89. The third-order valence-corrected chi connectivity index (χ3v) is 3.02. The van der Waals surface area contributed by atoms with E-state index in [1.165, 1.54) is 5.01 Å². The van der Waals surface area contributed by atoms with Crippen molar-refractivity contribution in [2.45, 2.75) is 32.7 Å². The SMILES string of the molecule is C=CCC(Cc1nc(C)cs1)NCC. The molecule has 14 heavy (non-hydrogen) atoms. The highest BCUT2D eigenvalue weighted by atomic mass is 32.1. The second-order valence-corrected chi connectivity index (χ2v) is 4.31. The normalized spacial score (nSPS) is 12.7. The molecule has 0 saturated carbocycles. The zero-order chi connectivity index (χ0) is 10.4. The zero-order valence-electron chi connectivity index (χ0n) is 8.92. The van der Waals surface area contributed by atoms with E-state index in [1.54, 1.807) is 11.3 Å². The van der Waals surface area contributed by atoms with Gasteiger partial charge in [0.1, 0.15) is 0 Å². The van der Waals surface area contributed by atoms with Crippen LogP contribution in [0.2, 0.25) is 0 Å². The molecular formula is C11H18N2S. The lowest BCUT2D eigenvalue weighted by molar-refractivity contribution is 0.528. The molecule has 0 amide bonds. The van der Waals surface area contributed by atoms with Gasteiger partial charge in [0.05, 0.1) is 5.01 Å². The van der Waals surface area contributed by atoms with Crippen molar-refractivity contribution < 1.29 is 0 Å². The molecule has 0 aromatic carbocycles. The minimum atomic E-state index is 0.489. The molecule has 0 radical (unpaired) electrons. The molecule has 1 heterocycles. The van der Waals surface area contributed by atoms with Crippen molar-refractivity contribution in [2.24, 2.45) is 0 Å². The van der Waals surface area contributed by atoms with Crippen LogP contribution in [0.25, 0.3) is 0 Å². The van der Waals surface area contributed by atoms with Gasteiger partial charge in [0.25, 0.3) is 0 Å². The highest BCUT2D eigenvalue weighted by molar-refractivity contribution is 7.09. The number of rotatable bonds is 6. The van der Waals surface area contributed by atoms with Crippen LogP contribution in [0.1, 0.15) is 24.0 Å². The van der Waals surface area contributed by atoms with E-state index in [-0.39, 0.29) is 0 Å². The highest BCUT2D eigenvalue weighted by Gasteiger charge is 2.08. The fourth-order valence-electron chi connectivity index (χ4n) is 1.44. The third kappa shape index (κ3) is 3.60. The number of hydrogen-bond acceptors (Lipinski definition) is 3. The summed E-state index contributed by atoms with van der Waals surface area (Å²) >= 11 is 1.74. The minimum absolute atomic E-state index is 0.489. The van der Waals surface area contributed by atoms with Gasteiger partial charge in [-0.1, -0.05) is 13.0 Å². The van der Waals surface area contributed by atoms with E-state index in [4.69, 9.17) is 0 Å². The highest BCUT2D eigenvalue weighted by Crippen LogP contribution is 2.12. The summed E-state index contributed by atoms with van der Waals surface area (Å²) in [5.41, 5.74) is 1.12. The number of nitrogens with zero attached hydrogens (tertiary/aromatic N) is 1. The summed E-state index contributed by atoms with van der Waals surface area (Å²) < 4.78 is 0. The molecule has 0 bridgehead atoms. The molecule has 1 aromatic heterocycles. The van der Waals surface area contributed by atoms with E-state index in [9.17, 15) is 0 Å². The van der Waals surface area contributed by atoms with Gasteiger partial charge in [0, 0.05) is 23.5 Å². The van der Waals surface area contributed by atoms with Crippen LogP contribution in [-0.4, -0.2) is 17.6 Å². The van der Waals surface area contributed by atoms with E-state index in [2.05, 4.69) is 29.2 Å². The van der Waals surface area contributed by atoms with E-state index in [0.717, 1.165) is 25.1 Å². The van der Waals surface area contributed by atoms with E-state index in [0.29, 0.717) is 6.04 Å². The molecule has 1 unspecified atom stereocenters. The lowest BCUT2D eigenvalue weighted by Gasteiger charge is -2.13. The van der Waals surface area contributed by atoms with E-state index >= 15 is 0 Å². The molecule has 0 fully saturated rings. The first-order valence-electron chi connectivity index (χ1n) is 5.01. The summed E-state index contributed by atoms with van der Waals surface area (Å²) in [6.07, 6.45) is 3.98. The molecule has 0 spiro atoms. The Morgan fingerprint density at radius 3 is 3.00 bits per heavy atom. The van der Waals surface area contributed by atoms with Crippen LogP contribution in [0.15, 0.2) is 18.0 Å². The summed E-state index contributed by atoms with van der Waals surface area (Å²) in [5.74, 6) is 0. The van der Waals surface area contributed by atoms with Gasteiger partial charge >= 0.3 is 0 Å². The molecule has 3 heteroatoms. The summed E-state index contributed by atoms with van der Waals surface area (Å²) in [4.78, 5) is 4.46. The van der Waals surface area contributed by atoms with Crippen molar-refractivity contribution in [1.29, 1.82) is 0 Å². The molecule has 0 aliphatic carbocycles. The quantitative estimate of drug-likeness (QED) is 0.730. The Morgan fingerprint density at radius 2 is 2.50 bits per heavy atom. The van der Waals surface area contributed by atoms with Gasteiger partial charge in [-0.25, -0.2) is 4.98 Å². The second kappa shape index (κ2) is 5.94. The lowest BCUT2D eigenvalue weighted by Crippen LogP contribution is -2.30. The van der Waals surface area contributed by atoms with Crippen molar-refractivity contribution in [3.63, 3.8) is 0 Å². The zero-order valence-corrected chi connectivity index (χ0v) is 9.73. The first-order chi connectivity index (χ1) is 6.76. The summed E-state index contributed by atoms with van der Waals surface area (Å²) in [5, 5.41) is 6.76. The molecule has 1 aromatic rings. The van der Waals surface area contributed by atoms with Gasteiger partial charge in [0.2, 0.25) is 0 Å². The Bertz CT molecular complexity index is 281. The number of aromatic nitrogens is 1. The Morgan fingerprint density at radius 1 is 1.71 bits per heavy atom. The van der Waals surface area contributed by atoms with Crippen molar-refractivity contribution in [1.82, 2.24) is 10.3 Å². The Kier molecular flexibility index (Phi) is 4.84. The largest absolute Gasteiger partial charge is 0.314 e. The molecule has 0 aliphatic heterocycles. The summed E-state index contributed by atoms with van der Waals surface area (Å²) in [6, 6.07) is 0.489. The average Bonchev–Trinajstić information content (AvgIpc) is 2.52. The standard InChI is InChI=1S/C11H18N2S/c1-4-6-10(12-5-2)7-11-13-9(3)8-14-11/h4,8,10,12H,1,5-7H2,2-3H3. The average molecular weight is 210 g/mol. The van der Waals surface area contributed by atoms with Gasteiger partial charge in [-0.15, -0.1) is 17.9 Å². The smallest absolute Gasteiger partial charge is 0.0943 e. The summed E-state index contributed by atoms with van der Waals surface area (Å²) in [7, 11) is 0. The molecule has 1 N–H and O–H groups in total.